The first kappa shape index (κ1) is 22.2. The van der Waals surface area contributed by atoms with E-state index in [0.717, 1.165) is 36.1 Å². The maximum absolute atomic E-state index is 12.8. The van der Waals surface area contributed by atoms with Gasteiger partial charge in [0.1, 0.15) is 0 Å². The number of amides is 1. The van der Waals surface area contributed by atoms with E-state index in [0.29, 0.717) is 37.4 Å². The van der Waals surface area contributed by atoms with Gasteiger partial charge in [-0.25, -0.2) is 12.7 Å². The highest BCUT2D eigenvalue weighted by Gasteiger charge is 2.31. The number of anilines is 1. The number of nitrogens with one attached hydrogen (secondary N) is 1. The molecule has 1 aliphatic heterocycles. The van der Waals surface area contributed by atoms with Crippen molar-refractivity contribution in [3.63, 3.8) is 0 Å². The summed E-state index contributed by atoms with van der Waals surface area (Å²) >= 11 is 6.31. The molecule has 0 atom stereocenters. The third-order valence-corrected chi connectivity index (χ3v) is 7.61. The molecule has 0 aliphatic carbocycles. The van der Waals surface area contributed by atoms with Gasteiger partial charge in [-0.15, -0.1) is 0 Å². The number of unbranched alkanes of at least 4 members (excludes halogenated alkanes) is 1. The number of sulfonamides is 1. The summed E-state index contributed by atoms with van der Waals surface area (Å²) in [6.45, 7) is 6.90. The number of carbonyl (C=O) groups excluding carboxylic acids is 1. The molecule has 1 N–H and O–H groups in total. The molecule has 0 aromatic heterocycles. The fourth-order valence-corrected chi connectivity index (χ4v) is 5.51. The molecule has 2 rings (SSSR count). The summed E-state index contributed by atoms with van der Waals surface area (Å²) in [5, 5.41) is 3.76. The molecule has 0 bridgehead atoms. The third kappa shape index (κ3) is 5.46. The highest BCUT2D eigenvalue weighted by atomic mass is 35.5. The van der Waals surface area contributed by atoms with Crippen molar-refractivity contribution >= 4 is 33.2 Å². The second-order valence-corrected chi connectivity index (χ2v) is 9.59. The van der Waals surface area contributed by atoms with Crippen LogP contribution in [0.4, 0.5) is 5.69 Å². The number of aryl methyl sites for hydroxylation is 1. The molecule has 0 saturated carbocycles. The molecular formula is C20H31ClN2O3S. The largest absolute Gasteiger partial charge is 0.325 e. The van der Waals surface area contributed by atoms with Crippen molar-refractivity contribution in [2.75, 3.05) is 24.2 Å². The number of benzene rings is 1. The van der Waals surface area contributed by atoms with Gasteiger partial charge < -0.3 is 5.32 Å². The van der Waals surface area contributed by atoms with E-state index < -0.39 is 10.0 Å². The molecule has 152 valence electrons. The van der Waals surface area contributed by atoms with Crippen LogP contribution < -0.4 is 5.32 Å². The first-order chi connectivity index (χ1) is 12.8. The van der Waals surface area contributed by atoms with Gasteiger partial charge in [-0.1, -0.05) is 44.9 Å². The topological polar surface area (TPSA) is 66.5 Å². The van der Waals surface area contributed by atoms with Gasteiger partial charge in [-0.05, 0) is 49.3 Å². The van der Waals surface area contributed by atoms with Gasteiger partial charge in [0, 0.05) is 29.7 Å². The first-order valence-corrected chi connectivity index (χ1v) is 11.9. The summed E-state index contributed by atoms with van der Waals surface area (Å²) in [4.78, 5) is 12.8. The summed E-state index contributed by atoms with van der Waals surface area (Å²) < 4.78 is 26.2. The average molecular weight is 415 g/mol. The molecule has 5 nitrogen and oxygen atoms in total. The maximum Gasteiger partial charge on any atom is 0.227 e. The molecule has 1 saturated heterocycles. The van der Waals surface area contributed by atoms with Crippen LogP contribution in [0.5, 0.6) is 0 Å². The van der Waals surface area contributed by atoms with Gasteiger partial charge in [0.2, 0.25) is 15.9 Å². The van der Waals surface area contributed by atoms with Crippen LogP contribution in [-0.2, 0) is 27.7 Å². The zero-order valence-electron chi connectivity index (χ0n) is 16.6. The Kier molecular flexibility index (Phi) is 8.13. The van der Waals surface area contributed by atoms with Gasteiger partial charge >= 0.3 is 0 Å². The zero-order chi connectivity index (χ0) is 20.0. The van der Waals surface area contributed by atoms with E-state index in [1.165, 1.54) is 0 Å². The van der Waals surface area contributed by atoms with Crippen molar-refractivity contribution in [1.29, 1.82) is 0 Å². The second-order valence-electron chi connectivity index (χ2n) is 7.10. The van der Waals surface area contributed by atoms with Gasteiger partial charge in [0.05, 0.1) is 5.75 Å². The second kappa shape index (κ2) is 9.89. The lowest BCUT2D eigenvalue weighted by Crippen LogP contribution is -2.42. The minimum absolute atomic E-state index is 0.0349. The number of rotatable bonds is 8. The van der Waals surface area contributed by atoms with Gasteiger partial charge in [-0.3, -0.25) is 4.79 Å². The molecule has 0 unspecified atom stereocenters. The summed E-state index contributed by atoms with van der Waals surface area (Å²) in [5.41, 5.74) is 2.86. The number of nitrogens with zero attached hydrogens (tertiary/aromatic N) is 1. The number of hydrogen-bond donors (Lipinski definition) is 1. The van der Waals surface area contributed by atoms with E-state index >= 15 is 0 Å². The Morgan fingerprint density at radius 3 is 2.41 bits per heavy atom. The normalized spacial score (nSPS) is 16.4. The van der Waals surface area contributed by atoms with Crippen LogP contribution in [0.1, 0.15) is 57.6 Å². The van der Waals surface area contributed by atoms with Crippen molar-refractivity contribution in [3.8, 4) is 0 Å². The summed E-state index contributed by atoms with van der Waals surface area (Å²) in [6.07, 6.45) is 4.21. The standard InChI is InChI=1S/C20H31ClN2O3S/c1-4-7-14-27(25,26)23-12-10-16(11-13-23)20(24)22-19-15(5-2)8-9-18(21)17(19)6-3/h8-9,16H,4-7,10-14H2,1-3H3,(H,22,24). The highest BCUT2D eigenvalue weighted by Crippen LogP contribution is 2.31. The molecule has 0 spiro atoms. The summed E-state index contributed by atoms with van der Waals surface area (Å²) in [6, 6.07) is 3.84. The van der Waals surface area contributed by atoms with Gasteiger partial charge in [0.15, 0.2) is 0 Å². The van der Waals surface area contributed by atoms with Crippen molar-refractivity contribution in [2.45, 2.75) is 59.3 Å². The van der Waals surface area contributed by atoms with E-state index in [-0.39, 0.29) is 17.6 Å². The molecule has 7 heteroatoms. The quantitative estimate of drug-likeness (QED) is 0.691. The molecule has 1 fully saturated rings. The molecule has 1 aliphatic rings. The number of carbonyl (C=O) groups is 1. The minimum atomic E-state index is -3.20. The first-order valence-electron chi connectivity index (χ1n) is 9.92. The number of halogens is 1. The Hall–Kier alpha value is -1.11. The van der Waals surface area contributed by atoms with Gasteiger partial charge in [-0.2, -0.15) is 0 Å². The maximum atomic E-state index is 12.8. The lowest BCUT2D eigenvalue weighted by molar-refractivity contribution is -0.120. The molecule has 27 heavy (non-hydrogen) atoms. The van der Waals surface area contributed by atoms with E-state index in [2.05, 4.69) is 12.2 Å². The molecule has 1 aromatic carbocycles. The molecule has 1 aromatic rings. The fourth-order valence-electron chi connectivity index (χ4n) is 3.54. The molecule has 1 heterocycles. The Labute approximate surface area is 168 Å². The van der Waals surface area contributed by atoms with Gasteiger partial charge in [0.25, 0.3) is 0 Å². The third-order valence-electron chi connectivity index (χ3n) is 5.30. The monoisotopic (exact) mass is 414 g/mol. The minimum Gasteiger partial charge on any atom is -0.325 e. The number of piperidine rings is 1. The van der Waals surface area contributed by atoms with Crippen LogP contribution in [0, 0.1) is 5.92 Å². The van der Waals surface area contributed by atoms with Crippen molar-refractivity contribution < 1.29 is 13.2 Å². The zero-order valence-corrected chi connectivity index (χ0v) is 18.1. The Morgan fingerprint density at radius 1 is 1.19 bits per heavy atom. The Bertz CT molecular complexity index is 757. The van der Waals surface area contributed by atoms with Crippen molar-refractivity contribution in [1.82, 2.24) is 4.31 Å². The van der Waals surface area contributed by atoms with E-state index in [1.54, 1.807) is 4.31 Å². The molecule has 1 amide bonds. The molecule has 0 radical (unpaired) electrons. The lowest BCUT2D eigenvalue weighted by Gasteiger charge is -2.31. The predicted octanol–water partition coefficient (Wildman–Crippen LogP) is 4.25. The smallest absolute Gasteiger partial charge is 0.227 e. The SMILES string of the molecule is CCCCS(=O)(=O)N1CCC(C(=O)Nc2c(CC)ccc(Cl)c2CC)CC1. The lowest BCUT2D eigenvalue weighted by atomic mass is 9.96. The van der Waals surface area contributed by atoms with E-state index in [9.17, 15) is 13.2 Å². The predicted molar refractivity (Wildman–Crippen MR) is 112 cm³/mol. The fraction of sp³-hybridized carbons (Fsp3) is 0.650. The van der Waals surface area contributed by atoms with Crippen LogP contribution in [0.3, 0.4) is 0 Å². The van der Waals surface area contributed by atoms with Crippen LogP contribution in [0.2, 0.25) is 5.02 Å². The Morgan fingerprint density at radius 2 is 1.85 bits per heavy atom. The summed E-state index contributed by atoms with van der Waals surface area (Å²) in [5.74, 6) is -0.00826. The number of hydrogen-bond acceptors (Lipinski definition) is 3. The molecular weight excluding hydrogens is 384 g/mol. The average Bonchev–Trinajstić information content (AvgIpc) is 2.67. The summed E-state index contributed by atoms with van der Waals surface area (Å²) in [7, 11) is -3.20. The van der Waals surface area contributed by atoms with E-state index in [4.69, 9.17) is 11.6 Å². The van der Waals surface area contributed by atoms with Crippen molar-refractivity contribution in [3.05, 3.63) is 28.3 Å². The van der Waals surface area contributed by atoms with Crippen LogP contribution in [0.15, 0.2) is 12.1 Å². The van der Waals surface area contributed by atoms with Crippen LogP contribution >= 0.6 is 11.6 Å². The highest BCUT2D eigenvalue weighted by molar-refractivity contribution is 7.89. The van der Waals surface area contributed by atoms with Crippen LogP contribution in [0.25, 0.3) is 0 Å². The van der Waals surface area contributed by atoms with Crippen molar-refractivity contribution in [2.24, 2.45) is 5.92 Å². The van der Waals surface area contributed by atoms with E-state index in [1.807, 2.05) is 26.0 Å². The van der Waals surface area contributed by atoms with Crippen LogP contribution in [-0.4, -0.2) is 37.5 Å². The Balaban J connectivity index is 2.04.